The van der Waals surface area contributed by atoms with Gasteiger partial charge in [0.15, 0.2) is 0 Å². The van der Waals surface area contributed by atoms with Gasteiger partial charge in [0.1, 0.15) is 12.3 Å². The lowest BCUT2D eigenvalue weighted by molar-refractivity contribution is -0.138. The first-order chi connectivity index (χ1) is 12.3. The molecule has 1 saturated heterocycles. The summed E-state index contributed by atoms with van der Waals surface area (Å²) in [6.45, 7) is 4.46. The van der Waals surface area contributed by atoms with Gasteiger partial charge >= 0.3 is 0 Å². The molecule has 5 nitrogen and oxygen atoms in total. The summed E-state index contributed by atoms with van der Waals surface area (Å²) in [6.07, 6.45) is 0.141. The van der Waals surface area contributed by atoms with Gasteiger partial charge in [0.05, 0.1) is 11.4 Å². The molecule has 1 aliphatic rings. The smallest absolute Gasteiger partial charge is 0.246 e. The molecule has 6 heteroatoms. The third kappa shape index (κ3) is 3.83. The van der Waals surface area contributed by atoms with E-state index in [9.17, 15) is 14.7 Å². The zero-order valence-corrected chi connectivity index (χ0v) is 15.5. The Morgan fingerprint density at radius 2 is 1.92 bits per heavy atom. The Kier molecular flexibility index (Phi) is 5.18. The molecule has 1 unspecified atom stereocenters. The Morgan fingerprint density at radius 3 is 2.58 bits per heavy atom. The second kappa shape index (κ2) is 7.38. The number of nitrogens with zero attached hydrogens (tertiary/aromatic N) is 2. The number of rotatable bonds is 3. The van der Waals surface area contributed by atoms with Gasteiger partial charge in [-0.15, -0.1) is 0 Å². The molecule has 3 rings (SSSR count). The number of carbonyl (C=O) groups excluding carboxylic acids is 2. The van der Waals surface area contributed by atoms with Gasteiger partial charge in [0.2, 0.25) is 11.8 Å². The van der Waals surface area contributed by atoms with Crippen molar-refractivity contribution in [1.82, 2.24) is 4.90 Å². The van der Waals surface area contributed by atoms with Crippen molar-refractivity contribution in [3.8, 4) is 5.75 Å². The van der Waals surface area contributed by atoms with Gasteiger partial charge in [-0.25, -0.2) is 0 Å². The van der Waals surface area contributed by atoms with E-state index in [4.69, 9.17) is 11.6 Å². The molecule has 2 amide bonds. The second-order valence-electron chi connectivity index (χ2n) is 6.67. The fourth-order valence-electron chi connectivity index (χ4n) is 3.10. The maximum absolute atomic E-state index is 12.7. The van der Waals surface area contributed by atoms with Crippen LogP contribution < -0.4 is 4.90 Å². The van der Waals surface area contributed by atoms with E-state index < -0.39 is 0 Å². The number of anilines is 1. The Hall–Kier alpha value is -2.53. The number of halogens is 1. The number of hydrogen-bond acceptors (Lipinski definition) is 3. The summed E-state index contributed by atoms with van der Waals surface area (Å²) >= 11 is 5.90. The van der Waals surface area contributed by atoms with Gasteiger partial charge in [-0.3, -0.25) is 9.59 Å². The molecule has 1 atom stereocenters. The first-order valence-electron chi connectivity index (χ1n) is 8.49. The van der Waals surface area contributed by atoms with Gasteiger partial charge in [0.25, 0.3) is 0 Å². The summed E-state index contributed by atoms with van der Waals surface area (Å²) in [6, 6.07) is 12.4. The fourth-order valence-corrected chi connectivity index (χ4v) is 3.30. The predicted molar refractivity (Wildman–Crippen MR) is 102 cm³/mol. The van der Waals surface area contributed by atoms with E-state index in [-0.39, 0.29) is 41.6 Å². The highest BCUT2D eigenvalue weighted by atomic mass is 35.5. The summed E-state index contributed by atoms with van der Waals surface area (Å²) in [5.74, 6) is -0.238. The Labute approximate surface area is 157 Å². The van der Waals surface area contributed by atoms with E-state index >= 15 is 0 Å². The monoisotopic (exact) mass is 372 g/mol. The molecule has 2 aromatic rings. The Morgan fingerprint density at radius 1 is 1.23 bits per heavy atom. The molecule has 2 aromatic carbocycles. The van der Waals surface area contributed by atoms with E-state index in [1.807, 2.05) is 38.1 Å². The number of piperazine rings is 1. The minimum atomic E-state index is -0.129. The van der Waals surface area contributed by atoms with Crippen LogP contribution in [0.3, 0.4) is 0 Å². The largest absolute Gasteiger partial charge is 0.506 e. The first-order valence-corrected chi connectivity index (χ1v) is 8.87. The molecule has 136 valence electrons. The topological polar surface area (TPSA) is 60.9 Å². The molecule has 1 aliphatic heterocycles. The average molecular weight is 373 g/mol. The number of amides is 2. The second-order valence-corrected chi connectivity index (χ2v) is 7.08. The molecule has 0 aromatic heterocycles. The van der Waals surface area contributed by atoms with Crippen LogP contribution in [0.4, 0.5) is 5.69 Å². The van der Waals surface area contributed by atoms with Crippen molar-refractivity contribution >= 4 is 29.1 Å². The van der Waals surface area contributed by atoms with Crippen molar-refractivity contribution in [2.24, 2.45) is 0 Å². The number of carbonyl (C=O) groups is 2. The molecule has 1 N–H and O–H groups in total. The maximum atomic E-state index is 12.7. The van der Waals surface area contributed by atoms with Gasteiger partial charge in [-0.2, -0.15) is 0 Å². The fraction of sp³-hybridized carbons (Fsp3) is 0.300. The Balaban J connectivity index is 1.70. The molecular formula is C20H21ClN2O3. The van der Waals surface area contributed by atoms with Crippen LogP contribution in [0.25, 0.3) is 0 Å². The van der Waals surface area contributed by atoms with Crippen molar-refractivity contribution in [2.75, 3.05) is 18.0 Å². The molecule has 26 heavy (non-hydrogen) atoms. The summed E-state index contributed by atoms with van der Waals surface area (Å²) in [4.78, 5) is 28.6. The van der Waals surface area contributed by atoms with Crippen LogP contribution in [-0.2, 0) is 16.0 Å². The maximum Gasteiger partial charge on any atom is 0.246 e. The van der Waals surface area contributed by atoms with Crippen LogP contribution in [0, 0.1) is 6.92 Å². The highest BCUT2D eigenvalue weighted by Gasteiger charge is 2.33. The molecular weight excluding hydrogens is 352 g/mol. The van der Waals surface area contributed by atoms with E-state index in [2.05, 4.69) is 0 Å². The summed E-state index contributed by atoms with van der Waals surface area (Å²) in [5, 5.41) is 9.69. The number of phenols is 1. The normalized spacial score (nSPS) is 17.5. The third-order valence-electron chi connectivity index (χ3n) is 4.62. The van der Waals surface area contributed by atoms with Crippen LogP contribution in [-0.4, -0.2) is 41.0 Å². The van der Waals surface area contributed by atoms with Crippen molar-refractivity contribution < 1.29 is 14.7 Å². The van der Waals surface area contributed by atoms with E-state index in [0.717, 1.165) is 11.3 Å². The van der Waals surface area contributed by atoms with Gasteiger partial charge in [0, 0.05) is 18.3 Å². The van der Waals surface area contributed by atoms with E-state index in [0.29, 0.717) is 12.1 Å². The predicted octanol–water partition coefficient (Wildman–Crippen LogP) is 3.16. The molecule has 0 spiro atoms. The molecule has 0 bridgehead atoms. The number of benzene rings is 2. The lowest BCUT2D eigenvalue weighted by Gasteiger charge is -2.39. The standard InChI is InChI=1S/C20H21ClN2O3/c1-13-3-6-16(7-4-13)23-11-14(2)22(12-20(23)26)19(25)10-15-5-8-18(24)17(21)9-15/h3-9,14,24H,10-12H2,1-2H3. The number of hydrogen-bond donors (Lipinski definition) is 1. The lowest BCUT2D eigenvalue weighted by atomic mass is 10.1. The molecule has 1 heterocycles. The van der Waals surface area contributed by atoms with Crippen LogP contribution >= 0.6 is 11.6 Å². The minimum absolute atomic E-state index is 0.0156. The highest BCUT2D eigenvalue weighted by molar-refractivity contribution is 6.32. The molecule has 1 fully saturated rings. The van der Waals surface area contributed by atoms with Crippen molar-refractivity contribution in [3.63, 3.8) is 0 Å². The van der Waals surface area contributed by atoms with Crippen molar-refractivity contribution in [1.29, 1.82) is 0 Å². The molecule has 0 aliphatic carbocycles. The summed E-state index contributed by atoms with van der Waals surface area (Å²) in [5.41, 5.74) is 2.69. The zero-order chi connectivity index (χ0) is 18.8. The first kappa shape index (κ1) is 18.3. The molecule has 0 radical (unpaired) electrons. The van der Waals surface area contributed by atoms with Gasteiger partial charge in [-0.05, 0) is 43.7 Å². The number of aromatic hydroxyl groups is 1. The third-order valence-corrected chi connectivity index (χ3v) is 4.92. The van der Waals surface area contributed by atoms with E-state index in [1.54, 1.807) is 21.9 Å². The average Bonchev–Trinajstić information content (AvgIpc) is 2.60. The Bertz CT molecular complexity index is 835. The quantitative estimate of drug-likeness (QED) is 0.900. The van der Waals surface area contributed by atoms with Crippen LogP contribution in [0.1, 0.15) is 18.1 Å². The number of phenolic OH excluding ortho intramolecular Hbond substituents is 1. The SMILES string of the molecule is Cc1ccc(N2CC(C)N(C(=O)Cc3ccc(O)c(Cl)c3)CC2=O)cc1. The minimum Gasteiger partial charge on any atom is -0.506 e. The van der Waals surface area contributed by atoms with Crippen molar-refractivity contribution in [2.45, 2.75) is 26.3 Å². The van der Waals surface area contributed by atoms with Crippen LogP contribution in [0.5, 0.6) is 5.75 Å². The summed E-state index contributed by atoms with van der Waals surface area (Å²) < 4.78 is 0. The molecule has 0 saturated carbocycles. The van der Waals surface area contributed by atoms with Gasteiger partial charge in [-0.1, -0.05) is 35.4 Å². The van der Waals surface area contributed by atoms with Crippen LogP contribution in [0.15, 0.2) is 42.5 Å². The van der Waals surface area contributed by atoms with Crippen LogP contribution in [0.2, 0.25) is 5.02 Å². The summed E-state index contributed by atoms with van der Waals surface area (Å²) in [7, 11) is 0. The number of aryl methyl sites for hydroxylation is 1. The lowest BCUT2D eigenvalue weighted by Crippen LogP contribution is -2.57. The highest BCUT2D eigenvalue weighted by Crippen LogP contribution is 2.25. The van der Waals surface area contributed by atoms with E-state index in [1.165, 1.54) is 6.07 Å². The zero-order valence-electron chi connectivity index (χ0n) is 14.8. The van der Waals surface area contributed by atoms with Gasteiger partial charge < -0.3 is 14.9 Å². The van der Waals surface area contributed by atoms with Crippen molar-refractivity contribution in [3.05, 3.63) is 58.6 Å².